The second-order valence-electron chi connectivity index (χ2n) is 3.93. The summed E-state index contributed by atoms with van der Waals surface area (Å²) in [6.07, 6.45) is 9.62. The van der Waals surface area contributed by atoms with Crippen LogP contribution in [0, 0.1) is 5.92 Å². The lowest BCUT2D eigenvalue weighted by atomic mass is 9.90. The first-order valence-corrected chi connectivity index (χ1v) is 5.13. The van der Waals surface area contributed by atoms with Gasteiger partial charge in [0.15, 0.2) is 0 Å². The van der Waals surface area contributed by atoms with Crippen molar-refractivity contribution in [2.75, 3.05) is 0 Å². The van der Waals surface area contributed by atoms with Gasteiger partial charge in [0.2, 0.25) is 0 Å². The normalized spacial score (nSPS) is 19.6. The van der Waals surface area contributed by atoms with E-state index in [1.54, 1.807) is 12.2 Å². The minimum Gasteiger partial charge on any atom is -0.481 e. The fourth-order valence-electron chi connectivity index (χ4n) is 1.44. The maximum absolute atomic E-state index is 10.8. The van der Waals surface area contributed by atoms with Crippen LogP contribution in [-0.4, -0.2) is 11.1 Å². The highest BCUT2D eigenvalue weighted by Crippen LogP contribution is 2.24. The number of rotatable bonds is 4. The topological polar surface area (TPSA) is 37.3 Å². The molecule has 0 aromatic heterocycles. The Morgan fingerprint density at radius 3 is 2.75 bits per heavy atom. The number of hydrogen-bond acceptors (Lipinski definition) is 1. The minimum absolute atomic E-state index is 0.435. The zero-order valence-electron chi connectivity index (χ0n) is 9.44. The van der Waals surface area contributed by atoms with E-state index in [9.17, 15) is 4.79 Å². The summed E-state index contributed by atoms with van der Waals surface area (Å²) in [6, 6.07) is 0. The van der Waals surface area contributed by atoms with Gasteiger partial charge < -0.3 is 5.11 Å². The first-order valence-electron chi connectivity index (χ1n) is 5.13. The number of aliphatic carboxylic acids is 1. The van der Waals surface area contributed by atoms with Gasteiger partial charge in [0.25, 0.3) is 0 Å². The van der Waals surface area contributed by atoms with E-state index in [0.29, 0.717) is 6.42 Å². The number of carbonyl (C=O) groups is 1. The Hall–Kier alpha value is -1.83. The SMILES string of the molecule is C=C(C)/C=C\C(=C)C1=CC=CC(C(=O)O)C1. The molecule has 1 aliphatic carbocycles. The molecule has 0 spiro atoms. The zero-order chi connectivity index (χ0) is 12.1. The molecule has 0 radical (unpaired) electrons. The lowest BCUT2D eigenvalue weighted by molar-refractivity contribution is -0.140. The van der Waals surface area contributed by atoms with Gasteiger partial charge in [-0.2, -0.15) is 0 Å². The summed E-state index contributed by atoms with van der Waals surface area (Å²) in [4.78, 5) is 10.8. The van der Waals surface area contributed by atoms with Gasteiger partial charge in [-0.05, 0) is 24.5 Å². The van der Waals surface area contributed by atoms with Crippen LogP contribution in [0.2, 0.25) is 0 Å². The molecule has 0 aromatic rings. The lowest BCUT2D eigenvalue weighted by Crippen LogP contribution is -2.13. The molecular formula is C14H16O2. The van der Waals surface area contributed by atoms with Crippen LogP contribution in [0.25, 0.3) is 0 Å². The summed E-state index contributed by atoms with van der Waals surface area (Å²) in [5.74, 6) is -1.23. The molecule has 1 aliphatic rings. The lowest BCUT2D eigenvalue weighted by Gasteiger charge is -2.15. The molecule has 1 rings (SSSR count). The van der Waals surface area contributed by atoms with Crippen molar-refractivity contribution in [3.05, 3.63) is 60.3 Å². The summed E-state index contributed by atoms with van der Waals surface area (Å²) in [5, 5.41) is 8.92. The number of carboxylic acid groups (broad SMARTS) is 1. The Morgan fingerprint density at radius 2 is 2.19 bits per heavy atom. The molecule has 84 valence electrons. The molecule has 1 unspecified atom stereocenters. The molecule has 0 aliphatic heterocycles. The summed E-state index contributed by atoms with van der Waals surface area (Å²) < 4.78 is 0. The molecule has 0 bridgehead atoms. The number of carboxylic acids is 1. The van der Waals surface area contributed by atoms with Crippen molar-refractivity contribution < 1.29 is 9.90 Å². The van der Waals surface area contributed by atoms with Crippen LogP contribution >= 0.6 is 0 Å². The van der Waals surface area contributed by atoms with Crippen LogP contribution in [0.5, 0.6) is 0 Å². The van der Waals surface area contributed by atoms with Crippen LogP contribution in [-0.2, 0) is 4.79 Å². The van der Waals surface area contributed by atoms with E-state index < -0.39 is 11.9 Å². The fraction of sp³-hybridized carbons (Fsp3) is 0.214. The van der Waals surface area contributed by atoms with Crippen LogP contribution in [0.15, 0.2) is 60.3 Å². The van der Waals surface area contributed by atoms with Crippen molar-refractivity contribution in [1.82, 2.24) is 0 Å². The van der Waals surface area contributed by atoms with Crippen LogP contribution in [0.3, 0.4) is 0 Å². The van der Waals surface area contributed by atoms with Gasteiger partial charge in [-0.1, -0.05) is 49.1 Å². The first kappa shape index (κ1) is 12.2. The van der Waals surface area contributed by atoms with Gasteiger partial charge in [-0.3, -0.25) is 4.79 Å². The number of hydrogen-bond donors (Lipinski definition) is 1. The molecule has 1 N–H and O–H groups in total. The largest absolute Gasteiger partial charge is 0.481 e. The van der Waals surface area contributed by atoms with Gasteiger partial charge >= 0.3 is 5.97 Å². The van der Waals surface area contributed by atoms with Gasteiger partial charge in [0.05, 0.1) is 5.92 Å². The molecule has 0 saturated carbocycles. The fourth-order valence-corrected chi connectivity index (χ4v) is 1.44. The van der Waals surface area contributed by atoms with Crippen molar-refractivity contribution in [2.45, 2.75) is 13.3 Å². The molecule has 16 heavy (non-hydrogen) atoms. The predicted octanol–water partition coefficient (Wildman–Crippen LogP) is 3.26. The average Bonchev–Trinajstić information content (AvgIpc) is 2.26. The maximum atomic E-state index is 10.8. The van der Waals surface area contributed by atoms with Crippen molar-refractivity contribution in [2.24, 2.45) is 5.92 Å². The molecule has 0 saturated heterocycles. The van der Waals surface area contributed by atoms with Gasteiger partial charge in [0, 0.05) is 0 Å². The second-order valence-corrected chi connectivity index (χ2v) is 3.93. The van der Waals surface area contributed by atoms with E-state index in [-0.39, 0.29) is 0 Å². The predicted molar refractivity (Wildman–Crippen MR) is 66.1 cm³/mol. The molecule has 0 heterocycles. The molecule has 1 atom stereocenters. The Balaban J connectivity index is 2.72. The van der Waals surface area contributed by atoms with Gasteiger partial charge in [0.1, 0.15) is 0 Å². The Labute approximate surface area is 96.0 Å². The zero-order valence-corrected chi connectivity index (χ0v) is 9.44. The van der Waals surface area contributed by atoms with E-state index in [2.05, 4.69) is 13.2 Å². The molecule has 0 amide bonds. The molecule has 0 fully saturated rings. The Morgan fingerprint density at radius 1 is 1.50 bits per heavy atom. The summed E-state index contributed by atoms with van der Waals surface area (Å²) >= 11 is 0. The van der Waals surface area contributed by atoms with Gasteiger partial charge in [-0.15, -0.1) is 0 Å². The minimum atomic E-state index is -0.793. The first-order chi connectivity index (χ1) is 7.50. The van der Waals surface area contributed by atoms with E-state index in [4.69, 9.17) is 5.11 Å². The molecule has 2 nitrogen and oxygen atoms in total. The quantitative estimate of drug-likeness (QED) is 0.732. The average molecular weight is 216 g/mol. The van der Waals surface area contributed by atoms with Crippen molar-refractivity contribution in [3.8, 4) is 0 Å². The van der Waals surface area contributed by atoms with Crippen molar-refractivity contribution in [1.29, 1.82) is 0 Å². The van der Waals surface area contributed by atoms with E-state index in [1.165, 1.54) is 0 Å². The summed E-state index contributed by atoms with van der Waals surface area (Å²) in [7, 11) is 0. The second kappa shape index (κ2) is 5.31. The Bertz CT molecular complexity index is 408. The third-order valence-electron chi connectivity index (χ3n) is 2.38. The van der Waals surface area contributed by atoms with Gasteiger partial charge in [-0.25, -0.2) is 0 Å². The highest BCUT2D eigenvalue weighted by Gasteiger charge is 2.18. The van der Waals surface area contributed by atoms with Crippen molar-refractivity contribution >= 4 is 5.97 Å². The maximum Gasteiger partial charge on any atom is 0.310 e. The molecular weight excluding hydrogens is 200 g/mol. The third kappa shape index (κ3) is 3.39. The Kier molecular flexibility index (Phi) is 4.06. The summed E-state index contributed by atoms with van der Waals surface area (Å²) in [6.45, 7) is 9.58. The molecule has 0 aromatic carbocycles. The summed E-state index contributed by atoms with van der Waals surface area (Å²) in [5.41, 5.74) is 2.76. The third-order valence-corrected chi connectivity index (χ3v) is 2.38. The van der Waals surface area contributed by atoms with Crippen LogP contribution in [0.4, 0.5) is 0 Å². The smallest absolute Gasteiger partial charge is 0.310 e. The standard InChI is InChI=1S/C14H16O2/c1-10(2)7-8-11(3)12-5-4-6-13(9-12)14(15)16/h4-8,13H,1,3,9H2,2H3,(H,15,16)/b8-7-. The van der Waals surface area contributed by atoms with E-state index in [0.717, 1.165) is 16.7 Å². The van der Waals surface area contributed by atoms with E-state index in [1.807, 2.05) is 25.2 Å². The highest BCUT2D eigenvalue weighted by atomic mass is 16.4. The number of allylic oxidation sites excluding steroid dienone is 7. The highest BCUT2D eigenvalue weighted by molar-refractivity contribution is 5.73. The van der Waals surface area contributed by atoms with Crippen molar-refractivity contribution in [3.63, 3.8) is 0 Å². The monoisotopic (exact) mass is 216 g/mol. The molecule has 2 heteroatoms. The van der Waals surface area contributed by atoms with Crippen LogP contribution < -0.4 is 0 Å². The van der Waals surface area contributed by atoms with Crippen LogP contribution in [0.1, 0.15) is 13.3 Å². The van der Waals surface area contributed by atoms with E-state index >= 15 is 0 Å².